The second-order valence-corrected chi connectivity index (χ2v) is 5.07. The summed E-state index contributed by atoms with van der Waals surface area (Å²) in [6.07, 6.45) is 2.05. The van der Waals surface area contributed by atoms with Crippen molar-refractivity contribution in [3.8, 4) is 22.9 Å². The van der Waals surface area contributed by atoms with Crippen LogP contribution in [0.1, 0.15) is 12.8 Å². The third-order valence-electron chi connectivity index (χ3n) is 3.39. The normalized spacial score (nSPS) is 19.2. The van der Waals surface area contributed by atoms with Crippen LogP contribution >= 0.6 is 0 Å². The van der Waals surface area contributed by atoms with Crippen molar-refractivity contribution in [2.45, 2.75) is 18.9 Å². The fourth-order valence-corrected chi connectivity index (χ4v) is 2.45. The van der Waals surface area contributed by atoms with Crippen LogP contribution in [0.5, 0.6) is 11.5 Å². The van der Waals surface area contributed by atoms with Crippen molar-refractivity contribution in [3.05, 3.63) is 18.2 Å². The monoisotopic (exact) mass is 275 g/mol. The summed E-state index contributed by atoms with van der Waals surface area (Å²) in [5, 5.41) is 26.0. The summed E-state index contributed by atoms with van der Waals surface area (Å²) in [6, 6.07) is 4.46. The van der Waals surface area contributed by atoms with Gasteiger partial charge in [0.2, 0.25) is 5.95 Å². The van der Waals surface area contributed by atoms with Crippen LogP contribution in [0.4, 0.5) is 5.95 Å². The molecular weight excluding hydrogens is 258 g/mol. The molecule has 1 unspecified atom stereocenters. The largest absolute Gasteiger partial charge is 0.508 e. The van der Waals surface area contributed by atoms with Crippen LogP contribution in [0.25, 0.3) is 11.4 Å². The Morgan fingerprint density at radius 1 is 1.25 bits per heavy atom. The summed E-state index contributed by atoms with van der Waals surface area (Å²) in [7, 11) is 0. The van der Waals surface area contributed by atoms with E-state index in [4.69, 9.17) is 5.73 Å². The van der Waals surface area contributed by atoms with E-state index >= 15 is 0 Å². The molecule has 5 N–H and O–H groups in total. The molecule has 7 heteroatoms. The third-order valence-corrected chi connectivity index (χ3v) is 3.39. The van der Waals surface area contributed by atoms with E-state index in [0.29, 0.717) is 17.3 Å². The number of aromatic hydroxyl groups is 2. The van der Waals surface area contributed by atoms with Gasteiger partial charge in [-0.15, -0.1) is 5.10 Å². The van der Waals surface area contributed by atoms with E-state index in [1.54, 1.807) is 0 Å². The van der Waals surface area contributed by atoms with Crippen molar-refractivity contribution in [1.82, 2.24) is 15.2 Å². The maximum Gasteiger partial charge on any atom is 0.245 e. The zero-order chi connectivity index (χ0) is 14.1. The molecule has 3 rings (SSSR count). The molecule has 0 amide bonds. The molecule has 1 atom stereocenters. The van der Waals surface area contributed by atoms with Gasteiger partial charge in [-0.25, -0.2) is 0 Å². The number of phenols is 2. The lowest BCUT2D eigenvalue weighted by Crippen LogP contribution is -2.43. The van der Waals surface area contributed by atoms with Crippen molar-refractivity contribution in [1.29, 1.82) is 0 Å². The molecule has 106 valence electrons. The summed E-state index contributed by atoms with van der Waals surface area (Å²) >= 11 is 0. The Hall–Kier alpha value is -2.28. The Labute approximate surface area is 116 Å². The molecule has 0 spiro atoms. The van der Waals surface area contributed by atoms with Gasteiger partial charge in [0, 0.05) is 30.8 Å². The van der Waals surface area contributed by atoms with Gasteiger partial charge in [-0.3, -0.25) is 5.10 Å². The third kappa shape index (κ3) is 2.53. The number of nitrogens with two attached hydrogens (primary N) is 1. The average molecular weight is 275 g/mol. The van der Waals surface area contributed by atoms with Gasteiger partial charge >= 0.3 is 0 Å². The minimum Gasteiger partial charge on any atom is -0.508 e. The number of H-pyrrole nitrogens is 1. The van der Waals surface area contributed by atoms with Gasteiger partial charge in [0.25, 0.3) is 0 Å². The molecule has 1 aliphatic rings. The van der Waals surface area contributed by atoms with Crippen LogP contribution in [0.15, 0.2) is 18.2 Å². The molecule has 0 radical (unpaired) electrons. The molecule has 0 saturated carbocycles. The fraction of sp³-hybridized carbons (Fsp3) is 0.385. The topological polar surface area (TPSA) is 111 Å². The van der Waals surface area contributed by atoms with E-state index in [-0.39, 0.29) is 17.5 Å². The van der Waals surface area contributed by atoms with Crippen LogP contribution in [-0.2, 0) is 0 Å². The number of hydrogen-bond acceptors (Lipinski definition) is 6. The maximum absolute atomic E-state index is 9.50. The maximum atomic E-state index is 9.50. The molecule has 1 saturated heterocycles. The first-order valence-corrected chi connectivity index (χ1v) is 6.58. The molecule has 2 heterocycles. The van der Waals surface area contributed by atoms with Gasteiger partial charge in [-0.1, -0.05) is 0 Å². The lowest BCUT2D eigenvalue weighted by Gasteiger charge is -2.29. The first-order chi connectivity index (χ1) is 9.61. The van der Waals surface area contributed by atoms with E-state index in [0.717, 1.165) is 25.9 Å². The number of aromatic nitrogens is 3. The number of aromatic amines is 1. The van der Waals surface area contributed by atoms with Crippen molar-refractivity contribution in [3.63, 3.8) is 0 Å². The number of anilines is 1. The number of benzene rings is 1. The van der Waals surface area contributed by atoms with E-state index in [1.165, 1.54) is 18.2 Å². The lowest BCUT2D eigenvalue weighted by molar-refractivity contribution is 0.451. The van der Waals surface area contributed by atoms with Crippen molar-refractivity contribution in [2.75, 3.05) is 18.0 Å². The second kappa shape index (κ2) is 5.01. The summed E-state index contributed by atoms with van der Waals surface area (Å²) in [6.45, 7) is 1.62. The molecule has 1 aliphatic heterocycles. The quantitative estimate of drug-likeness (QED) is 0.645. The Bertz CT molecular complexity index is 592. The fourth-order valence-electron chi connectivity index (χ4n) is 2.45. The van der Waals surface area contributed by atoms with E-state index in [9.17, 15) is 10.2 Å². The van der Waals surface area contributed by atoms with Crippen LogP contribution in [0.3, 0.4) is 0 Å². The Morgan fingerprint density at radius 2 is 2.00 bits per heavy atom. The molecule has 0 aliphatic carbocycles. The number of piperidine rings is 1. The molecule has 20 heavy (non-hydrogen) atoms. The van der Waals surface area contributed by atoms with Crippen molar-refractivity contribution in [2.24, 2.45) is 5.73 Å². The van der Waals surface area contributed by atoms with Gasteiger partial charge < -0.3 is 20.8 Å². The number of phenolic OH excluding ortho intramolecular Hbond substituents is 2. The zero-order valence-electron chi connectivity index (χ0n) is 11.0. The minimum absolute atomic E-state index is 0.0158. The molecule has 7 nitrogen and oxygen atoms in total. The Morgan fingerprint density at radius 3 is 2.70 bits per heavy atom. The standard InChI is InChI=1S/C13H17N5O2/c14-9-2-1-3-18(7-9)13-15-12(16-17-13)8-4-10(19)6-11(20)5-8/h4-6,9,19-20H,1-3,7,14H2,(H,15,16,17). The second-order valence-electron chi connectivity index (χ2n) is 5.07. The Balaban J connectivity index is 1.86. The van der Waals surface area contributed by atoms with Crippen molar-refractivity contribution >= 4 is 5.95 Å². The van der Waals surface area contributed by atoms with Gasteiger partial charge in [0.05, 0.1) is 0 Å². The first-order valence-electron chi connectivity index (χ1n) is 6.58. The van der Waals surface area contributed by atoms with Gasteiger partial charge in [0.1, 0.15) is 11.5 Å². The zero-order valence-corrected chi connectivity index (χ0v) is 11.0. The number of nitrogens with zero attached hydrogens (tertiary/aromatic N) is 3. The highest BCUT2D eigenvalue weighted by atomic mass is 16.3. The molecule has 2 aromatic rings. The highest BCUT2D eigenvalue weighted by molar-refractivity contribution is 5.61. The van der Waals surface area contributed by atoms with Crippen LogP contribution in [-0.4, -0.2) is 44.5 Å². The van der Waals surface area contributed by atoms with Crippen LogP contribution in [0, 0.1) is 0 Å². The molecule has 1 aromatic heterocycles. The highest BCUT2D eigenvalue weighted by Crippen LogP contribution is 2.27. The average Bonchev–Trinajstić information content (AvgIpc) is 2.87. The summed E-state index contributed by atoms with van der Waals surface area (Å²) < 4.78 is 0. The summed E-state index contributed by atoms with van der Waals surface area (Å²) in [4.78, 5) is 6.44. The molecular formula is C13H17N5O2. The smallest absolute Gasteiger partial charge is 0.245 e. The van der Waals surface area contributed by atoms with Crippen LogP contribution < -0.4 is 10.6 Å². The highest BCUT2D eigenvalue weighted by Gasteiger charge is 2.20. The number of nitrogens with one attached hydrogen (secondary N) is 1. The van der Waals surface area contributed by atoms with Crippen LogP contribution in [0.2, 0.25) is 0 Å². The summed E-state index contributed by atoms with van der Waals surface area (Å²) in [5.74, 6) is 1.07. The minimum atomic E-state index is -0.0158. The first kappa shape index (κ1) is 12.7. The van der Waals surface area contributed by atoms with Gasteiger partial charge in [0.15, 0.2) is 5.82 Å². The van der Waals surface area contributed by atoms with Gasteiger partial charge in [-0.05, 0) is 25.0 Å². The summed E-state index contributed by atoms with van der Waals surface area (Å²) in [5.41, 5.74) is 6.53. The molecule has 0 bridgehead atoms. The van der Waals surface area contributed by atoms with E-state index < -0.39 is 0 Å². The predicted molar refractivity (Wildman–Crippen MR) is 74.6 cm³/mol. The predicted octanol–water partition coefficient (Wildman–Crippen LogP) is 0.810. The van der Waals surface area contributed by atoms with Gasteiger partial charge in [-0.2, -0.15) is 4.98 Å². The van der Waals surface area contributed by atoms with E-state index in [2.05, 4.69) is 15.2 Å². The van der Waals surface area contributed by atoms with E-state index in [1.807, 2.05) is 4.90 Å². The van der Waals surface area contributed by atoms with Crippen molar-refractivity contribution < 1.29 is 10.2 Å². The lowest BCUT2D eigenvalue weighted by atomic mass is 10.1. The number of rotatable bonds is 2. The SMILES string of the molecule is NC1CCCN(c2n[nH]c(-c3cc(O)cc(O)c3)n2)C1. The molecule has 1 fully saturated rings. The molecule has 1 aromatic carbocycles. The number of hydrogen-bond donors (Lipinski definition) is 4. The Kier molecular flexibility index (Phi) is 3.19.